The van der Waals surface area contributed by atoms with Crippen LogP contribution in [0, 0.1) is 5.82 Å². The van der Waals surface area contributed by atoms with E-state index in [1.165, 1.54) is 16.4 Å². The van der Waals surface area contributed by atoms with E-state index in [0.717, 1.165) is 24.3 Å². The van der Waals surface area contributed by atoms with Gasteiger partial charge in [-0.1, -0.05) is 0 Å². The van der Waals surface area contributed by atoms with Gasteiger partial charge in [0.05, 0.1) is 4.90 Å². The Kier molecular flexibility index (Phi) is 5.43. The molecule has 4 N–H and O–H groups in total. The molecule has 0 aromatic heterocycles. The first-order valence-corrected chi connectivity index (χ1v) is 9.94. The predicted molar refractivity (Wildman–Crippen MR) is 97.1 cm³/mol. The van der Waals surface area contributed by atoms with Crippen molar-refractivity contribution in [2.24, 2.45) is 0 Å². The number of carbonyl (C=O) groups excluding carboxylic acids is 1. The highest BCUT2D eigenvalue weighted by Gasteiger charge is 2.30. The van der Waals surface area contributed by atoms with Gasteiger partial charge in [0, 0.05) is 24.7 Å². The van der Waals surface area contributed by atoms with E-state index >= 15 is 0 Å². The van der Waals surface area contributed by atoms with Gasteiger partial charge in [-0.25, -0.2) is 12.8 Å². The van der Waals surface area contributed by atoms with Gasteiger partial charge in [0.25, 0.3) is 5.91 Å². The number of aromatic hydroxyl groups is 3. The average Bonchev–Trinajstić information content (AvgIpc) is 2.66. The summed E-state index contributed by atoms with van der Waals surface area (Å²) in [6.45, 7) is 0.355. The van der Waals surface area contributed by atoms with Crippen molar-refractivity contribution in [1.82, 2.24) is 9.62 Å². The zero-order valence-corrected chi connectivity index (χ0v) is 15.5. The zero-order valence-electron chi connectivity index (χ0n) is 14.7. The second-order valence-electron chi connectivity index (χ2n) is 6.47. The summed E-state index contributed by atoms with van der Waals surface area (Å²) in [5.74, 6) is -3.04. The number of halogens is 1. The van der Waals surface area contributed by atoms with Crippen LogP contribution in [0.3, 0.4) is 0 Å². The largest absolute Gasteiger partial charge is 0.504 e. The van der Waals surface area contributed by atoms with Gasteiger partial charge >= 0.3 is 0 Å². The molecule has 3 rings (SSSR count). The van der Waals surface area contributed by atoms with Crippen molar-refractivity contribution in [2.75, 3.05) is 13.1 Å². The van der Waals surface area contributed by atoms with Crippen molar-refractivity contribution in [3.8, 4) is 17.2 Å². The van der Waals surface area contributed by atoms with Crippen molar-refractivity contribution in [1.29, 1.82) is 0 Å². The van der Waals surface area contributed by atoms with E-state index in [2.05, 4.69) is 5.32 Å². The molecule has 1 aliphatic heterocycles. The third-order valence-electron chi connectivity index (χ3n) is 4.57. The molecule has 1 amide bonds. The van der Waals surface area contributed by atoms with Crippen molar-refractivity contribution in [2.45, 2.75) is 23.8 Å². The molecule has 150 valence electrons. The fourth-order valence-electron chi connectivity index (χ4n) is 3.00. The number of nitrogens with one attached hydrogen (secondary N) is 1. The fraction of sp³-hybridized carbons (Fsp3) is 0.278. The molecule has 2 aromatic rings. The zero-order chi connectivity index (χ0) is 20.5. The maximum Gasteiger partial charge on any atom is 0.251 e. The summed E-state index contributed by atoms with van der Waals surface area (Å²) < 4.78 is 39.5. The summed E-state index contributed by atoms with van der Waals surface area (Å²) in [7, 11) is -3.74. The van der Waals surface area contributed by atoms with Crippen molar-refractivity contribution in [3.05, 3.63) is 47.8 Å². The van der Waals surface area contributed by atoms with Crippen LogP contribution in [-0.4, -0.2) is 53.1 Å². The molecule has 0 spiro atoms. The molecule has 2 aromatic carbocycles. The molecular weight excluding hydrogens is 391 g/mol. The summed E-state index contributed by atoms with van der Waals surface area (Å²) in [5, 5.41) is 31.0. The molecular formula is C18H19FN2O6S. The molecule has 1 saturated heterocycles. The molecule has 0 bridgehead atoms. The van der Waals surface area contributed by atoms with E-state index in [0.29, 0.717) is 12.8 Å². The molecule has 10 heteroatoms. The number of benzene rings is 2. The number of phenols is 3. The number of sulfonamides is 1. The van der Waals surface area contributed by atoms with Crippen LogP contribution in [-0.2, 0) is 10.0 Å². The molecule has 28 heavy (non-hydrogen) atoms. The minimum atomic E-state index is -3.74. The first-order valence-electron chi connectivity index (χ1n) is 8.50. The van der Waals surface area contributed by atoms with Gasteiger partial charge in [-0.15, -0.1) is 0 Å². The van der Waals surface area contributed by atoms with Crippen molar-refractivity contribution >= 4 is 15.9 Å². The van der Waals surface area contributed by atoms with E-state index in [1.54, 1.807) is 0 Å². The van der Waals surface area contributed by atoms with Gasteiger partial charge < -0.3 is 20.6 Å². The Balaban J connectivity index is 1.62. The van der Waals surface area contributed by atoms with Gasteiger partial charge in [0.1, 0.15) is 5.82 Å². The SMILES string of the molecule is O=C(NC1CCN(S(=O)(=O)c2ccc(F)cc2)CC1)c1cc(O)c(O)c(O)c1. The van der Waals surface area contributed by atoms with Crippen LogP contribution in [0.4, 0.5) is 4.39 Å². The van der Waals surface area contributed by atoms with E-state index < -0.39 is 39.0 Å². The summed E-state index contributed by atoms with van der Waals surface area (Å²) in [6.07, 6.45) is 0.727. The number of hydrogen-bond donors (Lipinski definition) is 4. The molecule has 0 atom stereocenters. The van der Waals surface area contributed by atoms with Crippen LogP contribution in [0.15, 0.2) is 41.3 Å². The molecule has 0 saturated carbocycles. The lowest BCUT2D eigenvalue weighted by Crippen LogP contribution is -2.46. The van der Waals surface area contributed by atoms with E-state index in [-0.39, 0.29) is 29.6 Å². The van der Waals surface area contributed by atoms with Gasteiger partial charge in [-0.3, -0.25) is 4.79 Å². The predicted octanol–water partition coefficient (Wildman–Crippen LogP) is 1.53. The molecule has 0 unspecified atom stereocenters. The van der Waals surface area contributed by atoms with Crippen LogP contribution >= 0.6 is 0 Å². The Morgan fingerprint density at radius 3 is 2.11 bits per heavy atom. The Bertz CT molecular complexity index is 963. The second kappa shape index (κ2) is 7.64. The maximum absolute atomic E-state index is 13.0. The molecule has 0 radical (unpaired) electrons. The quantitative estimate of drug-likeness (QED) is 0.566. The topological polar surface area (TPSA) is 127 Å². The van der Waals surface area contributed by atoms with Crippen LogP contribution in [0.25, 0.3) is 0 Å². The van der Waals surface area contributed by atoms with Crippen molar-refractivity contribution in [3.63, 3.8) is 0 Å². The van der Waals surface area contributed by atoms with Gasteiger partial charge in [-0.05, 0) is 49.2 Å². The molecule has 0 aliphatic carbocycles. The molecule has 1 fully saturated rings. The lowest BCUT2D eigenvalue weighted by molar-refractivity contribution is 0.0923. The second-order valence-corrected chi connectivity index (χ2v) is 8.41. The Labute approximate surface area is 160 Å². The van der Waals surface area contributed by atoms with Crippen molar-refractivity contribution < 1.29 is 32.9 Å². The Morgan fingerprint density at radius 1 is 1.04 bits per heavy atom. The molecule has 8 nitrogen and oxygen atoms in total. The molecule has 1 heterocycles. The van der Waals surface area contributed by atoms with Crippen LogP contribution in [0.2, 0.25) is 0 Å². The normalized spacial score (nSPS) is 16.0. The summed E-state index contributed by atoms with van der Waals surface area (Å²) >= 11 is 0. The minimum absolute atomic E-state index is 0.00595. The highest BCUT2D eigenvalue weighted by Crippen LogP contribution is 2.35. The van der Waals surface area contributed by atoms with Gasteiger partial charge in [0.15, 0.2) is 17.2 Å². The smallest absolute Gasteiger partial charge is 0.251 e. The standard InChI is InChI=1S/C18H19FN2O6S/c19-12-1-3-14(4-2-12)28(26,27)21-7-5-13(6-8-21)20-18(25)11-9-15(22)17(24)16(23)10-11/h1-4,9-10,13,22-24H,5-8H2,(H,20,25). The summed E-state index contributed by atoms with van der Waals surface area (Å²) in [5.41, 5.74) is -0.0332. The Hall–Kier alpha value is -2.85. The maximum atomic E-state index is 13.0. The third kappa shape index (κ3) is 4.02. The van der Waals surface area contributed by atoms with Gasteiger partial charge in [-0.2, -0.15) is 4.31 Å². The monoisotopic (exact) mass is 410 g/mol. The number of carbonyl (C=O) groups is 1. The third-order valence-corrected chi connectivity index (χ3v) is 6.49. The van der Waals surface area contributed by atoms with Crippen LogP contribution < -0.4 is 5.32 Å². The van der Waals surface area contributed by atoms with E-state index in [9.17, 15) is 32.9 Å². The summed E-state index contributed by atoms with van der Waals surface area (Å²) in [6, 6.07) is 6.34. The van der Waals surface area contributed by atoms with Crippen LogP contribution in [0.5, 0.6) is 17.2 Å². The highest BCUT2D eigenvalue weighted by atomic mass is 32.2. The highest BCUT2D eigenvalue weighted by molar-refractivity contribution is 7.89. The Morgan fingerprint density at radius 2 is 1.57 bits per heavy atom. The van der Waals surface area contributed by atoms with Crippen LogP contribution in [0.1, 0.15) is 23.2 Å². The number of rotatable bonds is 4. The number of amides is 1. The first-order chi connectivity index (χ1) is 13.2. The minimum Gasteiger partial charge on any atom is -0.504 e. The fourth-order valence-corrected chi connectivity index (χ4v) is 4.47. The summed E-state index contributed by atoms with van der Waals surface area (Å²) in [4.78, 5) is 12.3. The van der Waals surface area contributed by atoms with E-state index in [1.807, 2.05) is 0 Å². The lowest BCUT2D eigenvalue weighted by Gasteiger charge is -2.31. The lowest BCUT2D eigenvalue weighted by atomic mass is 10.1. The average molecular weight is 410 g/mol. The first kappa shape index (κ1) is 19.9. The number of nitrogens with zero attached hydrogens (tertiary/aromatic N) is 1. The van der Waals surface area contributed by atoms with E-state index in [4.69, 9.17) is 0 Å². The molecule has 1 aliphatic rings. The number of phenolic OH excluding ortho intramolecular Hbond substituents is 3. The number of hydrogen-bond acceptors (Lipinski definition) is 6. The number of piperidine rings is 1. The van der Waals surface area contributed by atoms with Gasteiger partial charge in [0.2, 0.25) is 10.0 Å².